The molecule has 2 rings (SSSR count). The zero-order chi connectivity index (χ0) is 13.0. The van der Waals surface area contributed by atoms with Crippen molar-refractivity contribution >= 4 is 0 Å². The normalized spacial score (nSPS) is 22.9. The Bertz CT molecular complexity index is 406. The molecule has 1 aromatic rings. The average Bonchev–Trinajstić information content (AvgIpc) is 2.77. The van der Waals surface area contributed by atoms with E-state index in [0.29, 0.717) is 37.6 Å². The Hall–Kier alpha value is -1.30. The molecule has 0 amide bonds. The molecule has 6 heteroatoms. The van der Waals surface area contributed by atoms with Gasteiger partial charge in [-0.25, -0.2) is 8.78 Å². The summed E-state index contributed by atoms with van der Waals surface area (Å²) in [4.78, 5) is 4.16. The third-order valence-corrected chi connectivity index (χ3v) is 3.05. The first-order chi connectivity index (χ1) is 8.61. The largest absolute Gasteiger partial charge is 0.338 e. The van der Waals surface area contributed by atoms with Gasteiger partial charge >= 0.3 is 0 Å². The molecule has 1 saturated carbocycles. The number of hydrogen-bond acceptors (Lipinski definition) is 4. The molecular weight excluding hydrogens is 240 g/mol. The minimum absolute atomic E-state index is 0.0326. The molecule has 1 N–H and O–H groups in total. The van der Waals surface area contributed by atoms with Crippen LogP contribution in [-0.2, 0) is 6.54 Å². The molecule has 0 saturated heterocycles. The standard InChI is InChI=1S/C12H17F2N3O/c1-2-6-15-8-10-16-11(17-18-10)9-4-3-5-12(13,14)7-9/h2,9,15H,1,3-8H2. The summed E-state index contributed by atoms with van der Waals surface area (Å²) in [5.41, 5.74) is 0. The van der Waals surface area contributed by atoms with E-state index in [2.05, 4.69) is 22.0 Å². The first-order valence-corrected chi connectivity index (χ1v) is 6.12. The van der Waals surface area contributed by atoms with Crippen molar-refractivity contribution in [3.05, 3.63) is 24.4 Å². The molecule has 4 nitrogen and oxygen atoms in total. The highest BCUT2D eigenvalue weighted by atomic mass is 19.3. The lowest BCUT2D eigenvalue weighted by atomic mass is 9.86. The number of halogens is 2. The van der Waals surface area contributed by atoms with Crippen LogP contribution in [0.25, 0.3) is 0 Å². The van der Waals surface area contributed by atoms with Gasteiger partial charge in [-0.1, -0.05) is 11.2 Å². The third-order valence-electron chi connectivity index (χ3n) is 3.05. The van der Waals surface area contributed by atoms with E-state index in [1.165, 1.54) is 0 Å². The molecule has 1 heterocycles. The Kier molecular flexibility index (Phi) is 4.06. The monoisotopic (exact) mass is 257 g/mol. The number of nitrogens with zero attached hydrogens (tertiary/aromatic N) is 2. The zero-order valence-corrected chi connectivity index (χ0v) is 10.2. The second-order valence-corrected chi connectivity index (χ2v) is 4.62. The van der Waals surface area contributed by atoms with Crippen LogP contribution in [0.3, 0.4) is 0 Å². The molecule has 0 aromatic carbocycles. The summed E-state index contributed by atoms with van der Waals surface area (Å²) >= 11 is 0. The Morgan fingerprint density at radius 2 is 2.39 bits per heavy atom. The smallest absolute Gasteiger partial charge is 0.248 e. The van der Waals surface area contributed by atoms with Crippen LogP contribution < -0.4 is 5.32 Å². The Morgan fingerprint density at radius 3 is 3.11 bits per heavy atom. The number of alkyl halides is 2. The van der Waals surface area contributed by atoms with Gasteiger partial charge in [0.1, 0.15) is 0 Å². The van der Waals surface area contributed by atoms with Crippen molar-refractivity contribution in [2.45, 2.75) is 44.1 Å². The summed E-state index contributed by atoms with van der Waals surface area (Å²) in [6.45, 7) is 4.64. The van der Waals surface area contributed by atoms with Gasteiger partial charge in [-0.3, -0.25) is 0 Å². The highest BCUT2D eigenvalue weighted by Gasteiger charge is 2.38. The zero-order valence-electron chi connectivity index (χ0n) is 10.2. The van der Waals surface area contributed by atoms with E-state index < -0.39 is 5.92 Å². The van der Waals surface area contributed by atoms with E-state index in [-0.39, 0.29) is 18.8 Å². The average molecular weight is 257 g/mol. The lowest BCUT2D eigenvalue weighted by molar-refractivity contribution is -0.0418. The second-order valence-electron chi connectivity index (χ2n) is 4.62. The van der Waals surface area contributed by atoms with Crippen molar-refractivity contribution in [1.29, 1.82) is 0 Å². The van der Waals surface area contributed by atoms with Gasteiger partial charge in [0.15, 0.2) is 5.82 Å². The van der Waals surface area contributed by atoms with Gasteiger partial charge in [0.05, 0.1) is 6.54 Å². The van der Waals surface area contributed by atoms with Gasteiger partial charge in [-0.15, -0.1) is 6.58 Å². The van der Waals surface area contributed by atoms with Crippen molar-refractivity contribution in [2.75, 3.05) is 6.54 Å². The quantitative estimate of drug-likeness (QED) is 0.650. The van der Waals surface area contributed by atoms with Gasteiger partial charge < -0.3 is 9.84 Å². The summed E-state index contributed by atoms with van der Waals surface area (Å²) in [5, 5.41) is 6.82. The molecule has 0 radical (unpaired) electrons. The maximum Gasteiger partial charge on any atom is 0.248 e. The fourth-order valence-electron chi connectivity index (χ4n) is 2.18. The molecule has 1 aromatic heterocycles. The molecule has 0 spiro atoms. The van der Waals surface area contributed by atoms with Crippen molar-refractivity contribution in [3.63, 3.8) is 0 Å². The van der Waals surface area contributed by atoms with Crippen LogP contribution in [-0.4, -0.2) is 22.6 Å². The van der Waals surface area contributed by atoms with Crippen LogP contribution in [0.2, 0.25) is 0 Å². The fraction of sp³-hybridized carbons (Fsp3) is 0.667. The minimum Gasteiger partial charge on any atom is -0.338 e. The van der Waals surface area contributed by atoms with E-state index in [1.54, 1.807) is 6.08 Å². The molecule has 1 atom stereocenters. The molecule has 1 aliphatic rings. The first kappa shape index (κ1) is 13.1. The molecule has 18 heavy (non-hydrogen) atoms. The molecule has 1 fully saturated rings. The molecule has 100 valence electrons. The minimum atomic E-state index is -2.59. The predicted molar refractivity (Wildman–Crippen MR) is 62.4 cm³/mol. The van der Waals surface area contributed by atoms with Crippen LogP contribution in [0.5, 0.6) is 0 Å². The molecule has 0 bridgehead atoms. The molecular formula is C12H17F2N3O. The van der Waals surface area contributed by atoms with Gasteiger partial charge in [-0.05, 0) is 12.8 Å². The Labute approximate surface area is 104 Å². The lowest BCUT2D eigenvalue weighted by Crippen LogP contribution is -2.25. The van der Waals surface area contributed by atoms with E-state index in [9.17, 15) is 8.78 Å². The first-order valence-electron chi connectivity index (χ1n) is 6.12. The van der Waals surface area contributed by atoms with Crippen molar-refractivity contribution in [1.82, 2.24) is 15.5 Å². The van der Waals surface area contributed by atoms with Gasteiger partial charge in [0.25, 0.3) is 0 Å². The number of aromatic nitrogens is 2. The fourth-order valence-corrected chi connectivity index (χ4v) is 2.18. The summed E-state index contributed by atoms with van der Waals surface area (Å²) in [6.07, 6.45) is 2.73. The number of hydrogen-bond donors (Lipinski definition) is 1. The van der Waals surface area contributed by atoms with E-state index >= 15 is 0 Å². The highest BCUT2D eigenvalue weighted by Crippen LogP contribution is 2.40. The molecule has 1 unspecified atom stereocenters. The number of rotatable bonds is 5. The van der Waals surface area contributed by atoms with Gasteiger partial charge in [0.2, 0.25) is 11.8 Å². The van der Waals surface area contributed by atoms with Crippen LogP contribution >= 0.6 is 0 Å². The topological polar surface area (TPSA) is 51.0 Å². The van der Waals surface area contributed by atoms with Crippen LogP contribution in [0.15, 0.2) is 17.2 Å². The summed E-state index contributed by atoms with van der Waals surface area (Å²) in [7, 11) is 0. The lowest BCUT2D eigenvalue weighted by Gasteiger charge is -2.26. The van der Waals surface area contributed by atoms with Crippen molar-refractivity contribution in [3.8, 4) is 0 Å². The SMILES string of the molecule is C=CCNCc1nc(C2CCCC(F)(F)C2)no1. The van der Waals surface area contributed by atoms with E-state index in [1.807, 2.05) is 0 Å². The predicted octanol–water partition coefficient (Wildman–Crippen LogP) is 2.64. The summed E-state index contributed by atoms with van der Waals surface area (Å²) in [5.74, 6) is -2.04. The van der Waals surface area contributed by atoms with Crippen LogP contribution in [0, 0.1) is 0 Å². The molecule has 1 aliphatic carbocycles. The molecule has 0 aliphatic heterocycles. The highest BCUT2D eigenvalue weighted by molar-refractivity contribution is 5.00. The van der Waals surface area contributed by atoms with Crippen molar-refractivity contribution in [2.24, 2.45) is 0 Å². The number of nitrogens with one attached hydrogen (secondary N) is 1. The second kappa shape index (κ2) is 5.56. The van der Waals surface area contributed by atoms with E-state index in [4.69, 9.17) is 4.52 Å². The summed E-state index contributed by atoms with van der Waals surface area (Å²) in [6, 6.07) is 0. The van der Waals surface area contributed by atoms with Crippen LogP contribution in [0.4, 0.5) is 8.78 Å². The summed E-state index contributed by atoms with van der Waals surface area (Å²) < 4.78 is 31.6. The van der Waals surface area contributed by atoms with Gasteiger partial charge in [-0.2, -0.15) is 4.98 Å². The Balaban J connectivity index is 1.94. The third kappa shape index (κ3) is 3.35. The van der Waals surface area contributed by atoms with E-state index in [0.717, 1.165) is 0 Å². The maximum atomic E-state index is 13.3. The van der Waals surface area contributed by atoms with Crippen molar-refractivity contribution < 1.29 is 13.3 Å². The maximum absolute atomic E-state index is 13.3. The van der Waals surface area contributed by atoms with Gasteiger partial charge in [0, 0.05) is 25.3 Å². The van der Waals surface area contributed by atoms with Crippen LogP contribution in [0.1, 0.15) is 43.3 Å². The Morgan fingerprint density at radius 1 is 1.56 bits per heavy atom.